The molecule has 2 atom stereocenters. The number of ether oxygens (including phenoxy) is 1. The molecule has 3 aliphatic heterocycles. The monoisotopic (exact) mass is 875 g/mol. The molecule has 61 heavy (non-hydrogen) atoms. The summed E-state index contributed by atoms with van der Waals surface area (Å²) >= 11 is 5.67. The molecule has 6 rings (SSSR count). The maximum atomic E-state index is 14.3. The van der Waals surface area contributed by atoms with E-state index in [1.807, 2.05) is 6.07 Å². The van der Waals surface area contributed by atoms with Gasteiger partial charge in [0.15, 0.2) is 5.11 Å². The first kappa shape index (κ1) is 45.2. The average Bonchev–Trinajstić information content (AvgIpc) is 3.37. The van der Waals surface area contributed by atoms with Gasteiger partial charge in [0.05, 0.1) is 53.8 Å². The number of hydrogen-bond acceptors (Lipinski definition) is 11. The standard InChI is InChI=1S/C40H43F6N9O5S/c1-38(2)36(59)54(28-4-3-24(20-48)30(18-28)39(41,42)43)37(61)55(38)27-5-7-29(8-6-27)60-14-13-52-11-12-53(32(21-52)40(44,45)46)22-34(57)50-26-16-23(19-47)15-25(17-26)49-31-9-10-33(56)51-35(31)58/h3-4,15-18,27,29,31-32,49H,5-14,21-22H2,1-2H3,(H,50,57)(H,51,56,58)/t27-,29-,31?,32?. The molecule has 3 saturated heterocycles. The smallest absolute Gasteiger partial charge is 0.377 e. The zero-order chi connectivity index (χ0) is 44.4. The Balaban J connectivity index is 0.988. The van der Waals surface area contributed by atoms with Gasteiger partial charge in [-0.05, 0) is 94.6 Å². The van der Waals surface area contributed by atoms with Crippen LogP contribution in [0.25, 0.3) is 0 Å². The normalized spacial score (nSPS) is 24.0. The van der Waals surface area contributed by atoms with Gasteiger partial charge < -0.3 is 20.3 Å². The third-order valence-corrected chi connectivity index (χ3v) is 11.8. The Morgan fingerprint density at radius 3 is 2.31 bits per heavy atom. The molecule has 3 N–H and O–H groups in total. The van der Waals surface area contributed by atoms with Crippen LogP contribution in [0.2, 0.25) is 0 Å². The number of alkyl halides is 6. The van der Waals surface area contributed by atoms with Gasteiger partial charge in [-0.2, -0.15) is 36.9 Å². The fourth-order valence-corrected chi connectivity index (χ4v) is 8.88. The van der Waals surface area contributed by atoms with Gasteiger partial charge in [0.25, 0.3) is 5.91 Å². The quantitative estimate of drug-likeness (QED) is 0.159. The van der Waals surface area contributed by atoms with Gasteiger partial charge in [-0.15, -0.1) is 0 Å². The largest absolute Gasteiger partial charge is 0.417 e. The highest BCUT2D eigenvalue weighted by atomic mass is 32.1. The molecule has 2 aromatic carbocycles. The van der Waals surface area contributed by atoms with Crippen molar-refractivity contribution < 1.29 is 50.3 Å². The van der Waals surface area contributed by atoms with E-state index in [0.717, 1.165) is 21.9 Å². The summed E-state index contributed by atoms with van der Waals surface area (Å²) in [4.78, 5) is 55.9. The summed E-state index contributed by atoms with van der Waals surface area (Å²) in [5.41, 5.74) is -2.45. The van der Waals surface area contributed by atoms with E-state index in [0.29, 0.717) is 31.4 Å². The van der Waals surface area contributed by atoms with E-state index < -0.39 is 77.8 Å². The Morgan fingerprint density at radius 2 is 1.67 bits per heavy atom. The molecule has 0 aromatic heterocycles. The lowest BCUT2D eigenvalue weighted by molar-refractivity contribution is -0.197. The highest BCUT2D eigenvalue weighted by Gasteiger charge is 2.53. The fourth-order valence-electron chi connectivity index (χ4n) is 8.32. The number of carbonyl (C=O) groups excluding carboxylic acids is 4. The number of hydrogen-bond donors (Lipinski definition) is 3. The number of imide groups is 1. The minimum atomic E-state index is -4.82. The van der Waals surface area contributed by atoms with Crippen LogP contribution in [0.15, 0.2) is 36.4 Å². The summed E-state index contributed by atoms with van der Waals surface area (Å²) in [5, 5.41) is 26.5. The van der Waals surface area contributed by atoms with Crippen LogP contribution in [0.4, 0.5) is 43.4 Å². The Morgan fingerprint density at radius 1 is 0.967 bits per heavy atom. The van der Waals surface area contributed by atoms with Gasteiger partial charge in [-0.1, -0.05) is 0 Å². The van der Waals surface area contributed by atoms with Crippen LogP contribution in [0, 0.1) is 22.7 Å². The second kappa shape index (κ2) is 17.9. The van der Waals surface area contributed by atoms with Crippen LogP contribution in [0.1, 0.15) is 69.1 Å². The Bertz CT molecular complexity index is 2150. The molecule has 4 amide bonds. The van der Waals surface area contributed by atoms with E-state index in [-0.39, 0.29) is 73.3 Å². The van der Waals surface area contributed by atoms with Gasteiger partial charge in [0, 0.05) is 50.0 Å². The third-order valence-electron chi connectivity index (χ3n) is 11.4. The maximum Gasteiger partial charge on any atom is 0.417 e. The molecule has 1 aliphatic carbocycles. The van der Waals surface area contributed by atoms with Crippen molar-refractivity contribution in [2.75, 3.05) is 54.9 Å². The minimum absolute atomic E-state index is 0.0507. The number of nitrogens with zero attached hydrogens (tertiary/aromatic N) is 6. The lowest BCUT2D eigenvalue weighted by Gasteiger charge is -2.42. The Kier molecular flexibility index (Phi) is 13.3. The van der Waals surface area contributed by atoms with Crippen molar-refractivity contribution >= 4 is 58.0 Å². The topological polar surface area (TPSA) is 174 Å². The van der Waals surface area contributed by atoms with E-state index in [4.69, 9.17) is 17.0 Å². The lowest BCUT2D eigenvalue weighted by atomic mass is 9.89. The number of thiocarbonyl (C=S) groups is 1. The molecule has 3 heterocycles. The van der Waals surface area contributed by atoms with Gasteiger partial charge in [0.1, 0.15) is 17.6 Å². The Hall–Kier alpha value is -5.35. The van der Waals surface area contributed by atoms with Crippen LogP contribution in [0.3, 0.4) is 0 Å². The van der Waals surface area contributed by atoms with Crippen molar-refractivity contribution in [3.05, 3.63) is 53.1 Å². The number of amides is 4. The Labute approximate surface area is 352 Å². The highest BCUT2D eigenvalue weighted by Crippen LogP contribution is 2.41. The van der Waals surface area contributed by atoms with Crippen molar-refractivity contribution in [1.29, 1.82) is 10.5 Å². The summed E-state index contributed by atoms with van der Waals surface area (Å²) in [6, 6.07) is 7.80. The van der Waals surface area contributed by atoms with Gasteiger partial charge in [0.2, 0.25) is 17.7 Å². The van der Waals surface area contributed by atoms with Crippen molar-refractivity contribution in [3.8, 4) is 12.1 Å². The van der Waals surface area contributed by atoms with E-state index in [1.54, 1.807) is 23.6 Å². The van der Waals surface area contributed by atoms with Crippen molar-refractivity contribution in [2.24, 2.45) is 0 Å². The first-order valence-corrected chi connectivity index (χ1v) is 20.0. The second-order valence-corrected chi connectivity index (χ2v) is 16.3. The minimum Gasteiger partial charge on any atom is -0.377 e. The van der Waals surface area contributed by atoms with Gasteiger partial charge >= 0.3 is 12.4 Å². The molecule has 21 heteroatoms. The number of rotatable bonds is 11. The van der Waals surface area contributed by atoms with Crippen molar-refractivity contribution in [2.45, 2.75) is 94.5 Å². The summed E-state index contributed by atoms with van der Waals surface area (Å²) < 4.78 is 90.3. The number of piperazine rings is 1. The van der Waals surface area contributed by atoms with E-state index >= 15 is 0 Å². The molecule has 0 radical (unpaired) electrons. The predicted molar refractivity (Wildman–Crippen MR) is 212 cm³/mol. The molecular weight excluding hydrogens is 833 g/mol. The van der Waals surface area contributed by atoms with E-state index in [1.165, 1.54) is 30.3 Å². The number of anilines is 3. The first-order valence-electron chi connectivity index (χ1n) is 19.6. The summed E-state index contributed by atoms with van der Waals surface area (Å²) in [7, 11) is 0. The van der Waals surface area contributed by atoms with Crippen LogP contribution >= 0.6 is 12.2 Å². The van der Waals surface area contributed by atoms with Crippen molar-refractivity contribution in [3.63, 3.8) is 0 Å². The van der Waals surface area contributed by atoms with Gasteiger partial charge in [-0.3, -0.25) is 39.2 Å². The van der Waals surface area contributed by atoms with Crippen molar-refractivity contribution in [1.82, 2.24) is 20.0 Å². The fraction of sp³-hybridized carbons (Fsp3) is 0.525. The molecule has 2 aromatic rings. The number of nitriles is 2. The average molecular weight is 876 g/mol. The third kappa shape index (κ3) is 10.2. The maximum absolute atomic E-state index is 14.3. The molecule has 0 spiro atoms. The van der Waals surface area contributed by atoms with Gasteiger partial charge in [-0.25, -0.2) is 0 Å². The van der Waals surface area contributed by atoms with Crippen LogP contribution < -0.4 is 20.9 Å². The number of piperidine rings is 1. The molecule has 14 nitrogen and oxygen atoms in total. The number of halogens is 6. The SMILES string of the molecule is CC1(C)C(=O)N(c2ccc(C#N)c(C(F)(F)F)c2)C(=S)N1[C@H]1CC[C@H](OCCN2CCN(CC(=O)Nc3cc(C#N)cc(NC4CCC(=O)NC4=O)c3)C(C(F)(F)F)C2)CC1. The zero-order valence-electron chi connectivity index (χ0n) is 33.2. The molecular formula is C40H43F6N9O5S. The first-order chi connectivity index (χ1) is 28.7. The molecule has 2 unspecified atom stereocenters. The van der Waals surface area contributed by atoms with Crippen LogP contribution in [-0.4, -0.2) is 119 Å². The molecule has 4 aliphatic rings. The second-order valence-electron chi connectivity index (χ2n) is 15.9. The molecule has 0 bridgehead atoms. The summed E-state index contributed by atoms with van der Waals surface area (Å²) in [6.45, 7) is 2.83. The highest BCUT2D eigenvalue weighted by molar-refractivity contribution is 7.80. The number of benzene rings is 2. The summed E-state index contributed by atoms with van der Waals surface area (Å²) in [5.74, 6) is -2.19. The molecule has 1 saturated carbocycles. The predicted octanol–water partition coefficient (Wildman–Crippen LogP) is 4.89. The van der Waals surface area contributed by atoms with E-state index in [9.17, 15) is 56.0 Å². The lowest BCUT2D eigenvalue weighted by Crippen LogP contribution is -2.60. The summed E-state index contributed by atoms with van der Waals surface area (Å²) in [6.07, 6.45) is -7.22. The van der Waals surface area contributed by atoms with Crippen LogP contribution in [-0.2, 0) is 30.1 Å². The molecule has 326 valence electrons. The zero-order valence-corrected chi connectivity index (χ0v) is 34.0. The number of nitrogens with one attached hydrogen (secondary N) is 3. The number of carbonyl (C=O) groups is 4. The van der Waals surface area contributed by atoms with E-state index in [2.05, 4.69) is 16.0 Å². The molecule has 4 fully saturated rings. The van der Waals surface area contributed by atoms with Crippen LogP contribution in [0.5, 0.6) is 0 Å².